The number of pyridine rings is 1. The van der Waals surface area contributed by atoms with Crippen molar-refractivity contribution in [1.29, 1.82) is 0 Å². The van der Waals surface area contributed by atoms with Gasteiger partial charge in [0.2, 0.25) is 5.88 Å². The van der Waals surface area contributed by atoms with Crippen LogP contribution in [-0.2, 0) is 18.8 Å². The smallest absolute Gasteiger partial charge is 0.476 e. The SMILES string of the molecule is COC(=O)c1cc(B2OC(C)(C)C(C)(C)O2)cnc1OCCN1CCOCC1. The number of rotatable bonds is 6. The quantitative estimate of drug-likeness (QED) is 0.522. The van der Waals surface area contributed by atoms with Gasteiger partial charge in [0.15, 0.2) is 0 Å². The van der Waals surface area contributed by atoms with Gasteiger partial charge in [-0.1, -0.05) is 0 Å². The Labute approximate surface area is 166 Å². The van der Waals surface area contributed by atoms with Gasteiger partial charge >= 0.3 is 13.1 Å². The summed E-state index contributed by atoms with van der Waals surface area (Å²) in [6, 6.07) is 1.67. The largest absolute Gasteiger partial charge is 0.496 e. The summed E-state index contributed by atoms with van der Waals surface area (Å²) in [5.41, 5.74) is -0.0383. The molecule has 0 N–H and O–H groups in total. The molecule has 154 valence electrons. The van der Waals surface area contributed by atoms with Crippen molar-refractivity contribution in [1.82, 2.24) is 9.88 Å². The second kappa shape index (κ2) is 8.36. The molecular formula is C19H29BN2O6. The number of morpholine rings is 1. The number of esters is 1. The van der Waals surface area contributed by atoms with Crippen molar-refractivity contribution in [2.45, 2.75) is 38.9 Å². The van der Waals surface area contributed by atoms with Crippen LogP contribution in [0.5, 0.6) is 5.88 Å². The first-order valence-electron chi connectivity index (χ1n) is 9.60. The summed E-state index contributed by atoms with van der Waals surface area (Å²) in [5.74, 6) is -0.257. The van der Waals surface area contributed by atoms with E-state index in [1.165, 1.54) is 7.11 Å². The summed E-state index contributed by atoms with van der Waals surface area (Å²) >= 11 is 0. The van der Waals surface area contributed by atoms with Crippen molar-refractivity contribution in [3.8, 4) is 5.88 Å². The topological polar surface area (TPSA) is 79.4 Å². The monoisotopic (exact) mass is 392 g/mol. The molecule has 0 unspecified atom stereocenters. The molecule has 0 spiro atoms. The van der Waals surface area contributed by atoms with E-state index in [1.54, 1.807) is 12.3 Å². The van der Waals surface area contributed by atoms with Crippen molar-refractivity contribution < 1.29 is 28.3 Å². The lowest BCUT2D eigenvalue weighted by Crippen LogP contribution is -2.41. The molecule has 8 nitrogen and oxygen atoms in total. The van der Waals surface area contributed by atoms with Gasteiger partial charge in [-0.05, 0) is 33.8 Å². The summed E-state index contributed by atoms with van der Waals surface area (Å²) in [6.07, 6.45) is 1.62. The lowest BCUT2D eigenvalue weighted by atomic mass is 9.79. The lowest BCUT2D eigenvalue weighted by Gasteiger charge is -2.32. The van der Waals surface area contributed by atoms with E-state index < -0.39 is 24.3 Å². The van der Waals surface area contributed by atoms with Gasteiger partial charge < -0.3 is 23.5 Å². The number of methoxy groups -OCH3 is 1. The number of ether oxygens (including phenoxy) is 3. The van der Waals surface area contributed by atoms with E-state index >= 15 is 0 Å². The molecule has 0 aromatic carbocycles. The van der Waals surface area contributed by atoms with Crippen LogP contribution in [0.3, 0.4) is 0 Å². The van der Waals surface area contributed by atoms with Crippen LogP contribution in [0, 0.1) is 0 Å². The number of nitrogens with zero attached hydrogens (tertiary/aromatic N) is 2. The Morgan fingerprint density at radius 3 is 2.46 bits per heavy atom. The minimum atomic E-state index is -0.608. The number of hydrogen-bond acceptors (Lipinski definition) is 8. The van der Waals surface area contributed by atoms with Gasteiger partial charge in [0.05, 0.1) is 31.5 Å². The fourth-order valence-corrected chi connectivity index (χ4v) is 3.04. The minimum absolute atomic E-state index is 0.250. The molecule has 1 aromatic rings. The van der Waals surface area contributed by atoms with Crippen molar-refractivity contribution in [3.05, 3.63) is 17.8 Å². The molecule has 2 fully saturated rings. The van der Waals surface area contributed by atoms with Crippen molar-refractivity contribution >= 4 is 18.6 Å². The first-order chi connectivity index (χ1) is 13.2. The first kappa shape index (κ1) is 21.0. The molecule has 0 amide bonds. The maximum atomic E-state index is 12.3. The molecule has 28 heavy (non-hydrogen) atoms. The van der Waals surface area contributed by atoms with Crippen LogP contribution >= 0.6 is 0 Å². The molecule has 3 heterocycles. The number of aromatic nitrogens is 1. The predicted molar refractivity (Wildman–Crippen MR) is 104 cm³/mol. The standard InChI is InChI=1S/C19H29BN2O6/c1-18(2)19(3,4)28-20(27-18)14-12-15(17(23)24-5)16(21-13-14)26-11-8-22-6-9-25-10-7-22/h12-13H,6-11H2,1-5H3. The van der Waals surface area contributed by atoms with Gasteiger partial charge in [-0.3, -0.25) is 4.90 Å². The molecule has 1 aromatic heterocycles. The van der Waals surface area contributed by atoms with Crippen LogP contribution in [-0.4, -0.2) is 80.7 Å². The Morgan fingerprint density at radius 2 is 1.86 bits per heavy atom. The predicted octanol–water partition coefficient (Wildman–Crippen LogP) is 0.878. The van der Waals surface area contributed by atoms with E-state index in [4.69, 9.17) is 23.5 Å². The lowest BCUT2D eigenvalue weighted by molar-refractivity contribution is 0.00578. The summed E-state index contributed by atoms with van der Waals surface area (Å²) in [7, 11) is 0.727. The van der Waals surface area contributed by atoms with Gasteiger partial charge in [-0.15, -0.1) is 0 Å². The zero-order valence-electron chi connectivity index (χ0n) is 17.3. The van der Waals surface area contributed by atoms with Gasteiger partial charge in [-0.25, -0.2) is 9.78 Å². The van der Waals surface area contributed by atoms with Crippen LogP contribution in [0.2, 0.25) is 0 Å². The highest BCUT2D eigenvalue weighted by atomic mass is 16.7. The zero-order chi connectivity index (χ0) is 20.4. The average Bonchev–Trinajstić information content (AvgIpc) is 2.89. The molecule has 0 atom stereocenters. The van der Waals surface area contributed by atoms with E-state index in [1.807, 2.05) is 27.7 Å². The molecular weight excluding hydrogens is 363 g/mol. The zero-order valence-corrected chi connectivity index (χ0v) is 17.3. The Balaban J connectivity index is 1.72. The van der Waals surface area contributed by atoms with Gasteiger partial charge in [0, 0.05) is 31.3 Å². The normalized spacial score (nSPS) is 21.5. The van der Waals surface area contributed by atoms with E-state index in [9.17, 15) is 4.79 Å². The molecule has 0 saturated carbocycles. The van der Waals surface area contributed by atoms with Crippen LogP contribution in [0.25, 0.3) is 0 Å². The molecule has 0 aliphatic carbocycles. The summed E-state index contributed by atoms with van der Waals surface area (Å²) in [6.45, 7) is 12.3. The van der Waals surface area contributed by atoms with Crippen LogP contribution in [0.1, 0.15) is 38.1 Å². The highest BCUT2D eigenvalue weighted by Crippen LogP contribution is 2.36. The third-order valence-corrected chi connectivity index (χ3v) is 5.55. The molecule has 3 rings (SSSR count). The van der Waals surface area contributed by atoms with Crippen LogP contribution < -0.4 is 10.2 Å². The molecule has 0 bridgehead atoms. The Kier molecular flexibility index (Phi) is 6.29. The third kappa shape index (κ3) is 4.48. The van der Waals surface area contributed by atoms with E-state index in [0.29, 0.717) is 12.1 Å². The van der Waals surface area contributed by atoms with Crippen LogP contribution in [0.15, 0.2) is 12.3 Å². The fraction of sp³-hybridized carbons (Fsp3) is 0.684. The highest BCUT2D eigenvalue weighted by Gasteiger charge is 2.52. The maximum Gasteiger partial charge on any atom is 0.496 e. The number of hydrogen-bond donors (Lipinski definition) is 0. The van der Waals surface area contributed by atoms with Gasteiger partial charge in [-0.2, -0.15) is 0 Å². The van der Waals surface area contributed by atoms with Crippen molar-refractivity contribution in [2.24, 2.45) is 0 Å². The van der Waals surface area contributed by atoms with E-state index in [2.05, 4.69) is 9.88 Å². The minimum Gasteiger partial charge on any atom is -0.476 e. The number of carbonyl (C=O) groups is 1. The second-order valence-corrected chi connectivity index (χ2v) is 8.00. The maximum absolute atomic E-state index is 12.3. The van der Waals surface area contributed by atoms with Gasteiger partial charge in [0.1, 0.15) is 12.2 Å². The molecule has 9 heteroatoms. The summed E-state index contributed by atoms with van der Waals surface area (Å²) in [5, 5.41) is 0. The highest BCUT2D eigenvalue weighted by molar-refractivity contribution is 6.62. The average molecular weight is 392 g/mol. The molecule has 0 radical (unpaired) electrons. The Bertz CT molecular complexity index is 690. The van der Waals surface area contributed by atoms with E-state index in [-0.39, 0.29) is 11.4 Å². The third-order valence-electron chi connectivity index (χ3n) is 5.55. The fourth-order valence-electron chi connectivity index (χ4n) is 3.04. The first-order valence-corrected chi connectivity index (χ1v) is 9.60. The molecule has 2 saturated heterocycles. The van der Waals surface area contributed by atoms with Gasteiger partial charge in [0.25, 0.3) is 0 Å². The van der Waals surface area contributed by atoms with E-state index in [0.717, 1.165) is 32.8 Å². The number of carbonyl (C=O) groups excluding carboxylic acids is 1. The summed E-state index contributed by atoms with van der Waals surface area (Å²) < 4.78 is 28.1. The molecule has 2 aliphatic rings. The summed E-state index contributed by atoms with van der Waals surface area (Å²) in [4.78, 5) is 18.9. The Morgan fingerprint density at radius 1 is 1.21 bits per heavy atom. The second-order valence-electron chi connectivity index (χ2n) is 8.00. The Hall–Kier alpha value is -1.68. The van der Waals surface area contributed by atoms with Crippen molar-refractivity contribution in [3.63, 3.8) is 0 Å². The van der Waals surface area contributed by atoms with Crippen LogP contribution in [0.4, 0.5) is 0 Å². The molecule has 2 aliphatic heterocycles. The van der Waals surface area contributed by atoms with Crippen molar-refractivity contribution in [2.75, 3.05) is 46.6 Å².